The summed E-state index contributed by atoms with van der Waals surface area (Å²) in [5.41, 5.74) is 0.538. The zero-order chi connectivity index (χ0) is 17.3. The molecule has 8 heteroatoms. The summed E-state index contributed by atoms with van der Waals surface area (Å²) in [5.74, 6) is -0.0230. The molecular formula is C17H26ClN3O3S. The standard InChI is InChI=1S/C17H25N3O3S.ClH/c1-12(2)19-24(22,23)16-7-3-13(4-8-16)17(21)20-10-9-14-5-6-15(11-20)18-14;/h3-4,7-8,12,14-15,18-19H,5-6,9-11H2,1-2H3;1H. The van der Waals surface area contributed by atoms with Crippen molar-refractivity contribution < 1.29 is 13.2 Å². The van der Waals surface area contributed by atoms with E-state index >= 15 is 0 Å². The molecule has 2 bridgehead atoms. The SMILES string of the molecule is CC(C)NS(=O)(=O)c1ccc(C(=O)N2CCC3CCC(C2)N3)cc1.Cl. The molecule has 2 atom stereocenters. The third kappa shape index (κ3) is 4.73. The fraction of sp³-hybridized carbons (Fsp3) is 0.588. The number of amides is 1. The molecule has 1 aromatic rings. The second-order valence-corrected chi connectivity index (χ2v) is 8.69. The molecule has 140 valence electrons. The van der Waals surface area contributed by atoms with Gasteiger partial charge >= 0.3 is 0 Å². The Morgan fingerprint density at radius 1 is 1.16 bits per heavy atom. The molecule has 0 aliphatic carbocycles. The quantitative estimate of drug-likeness (QED) is 0.825. The molecule has 2 aliphatic rings. The highest BCUT2D eigenvalue weighted by Gasteiger charge is 2.31. The second kappa shape index (κ2) is 8.03. The first-order chi connectivity index (χ1) is 11.3. The number of halogens is 1. The van der Waals surface area contributed by atoms with Gasteiger partial charge in [0.15, 0.2) is 0 Å². The number of carbonyl (C=O) groups excluding carboxylic acids is 1. The summed E-state index contributed by atoms with van der Waals surface area (Å²) < 4.78 is 26.8. The molecule has 1 amide bonds. The molecule has 2 unspecified atom stereocenters. The number of likely N-dealkylation sites (tertiary alicyclic amines) is 1. The molecule has 2 aliphatic heterocycles. The van der Waals surface area contributed by atoms with Crippen molar-refractivity contribution in [1.29, 1.82) is 0 Å². The van der Waals surface area contributed by atoms with Crippen molar-refractivity contribution in [3.8, 4) is 0 Å². The molecule has 3 rings (SSSR count). The van der Waals surface area contributed by atoms with Crippen molar-refractivity contribution in [2.45, 2.75) is 56.1 Å². The number of fused-ring (bicyclic) bond motifs is 2. The lowest BCUT2D eigenvalue weighted by Gasteiger charge is -2.24. The number of rotatable bonds is 4. The van der Waals surface area contributed by atoms with Gasteiger partial charge in [0.25, 0.3) is 5.91 Å². The lowest BCUT2D eigenvalue weighted by atomic mass is 10.1. The van der Waals surface area contributed by atoms with E-state index in [1.54, 1.807) is 26.0 Å². The summed E-state index contributed by atoms with van der Waals surface area (Å²) in [7, 11) is -3.52. The number of benzene rings is 1. The van der Waals surface area contributed by atoms with E-state index in [-0.39, 0.29) is 29.3 Å². The smallest absolute Gasteiger partial charge is 0.253 e. The third-order valence-electron chi connectivity index (χ3n) is 4.61. The third-order valence-corrected chi connectivity index (χ3v) is 6.29. The van der Waals surface area contributed by atoms with Crippen LogP contribution in [0.1, 0.15) is 43.5 Å². The summed E-state index contributed by atoms with van der Waals surface area (Å²) in [6.45, 7) is 5.03. The highest BCUT2D eigenvalue weighted by atomic mass is 35.5. The van der Waals surface area contributed by atoms with Gasteiger partial charge in [0, 0.05) is 36.8 Å². The van der Waals surface area contributed by atoms with Crippen molar-refractivity contribution >= 4 is 28.3 Å². The average Bonchev–Trinajstić information content (AvgIpc) is 2.85. The van der Waals surface area contributed by atoms with Crippen molar-refractivity contribution in [3.63, 3.8) is 0 Å². The largest absolute Gasteiger partial charge is 0.337 e. The van der Waals surface area contributed by atoms with Crippen LogP contribution in [0.4, 0.5) is 0 Å². The zero-order valence-electron chi connectivity index (χ0n) is 14.6. The summed E-state index contributed by atoms with van der Waals surface area (Å²) in [6, 6.07) is 6.96. The lowest BCUT2D eigenvalue weighted by Crippen LogP contribution is -2.39. The minimum absolute atomic E-state index is 0. The minimum atomic E-state index is -3.52. The van der Waals surface area contributed by atoms with Crippen LogP contribution >= 0.6 is 12.4 Å². The molecule has 2 N–H and O–H groups in total. The Balaban J connectivity index is 0.00000225. The monoisotopic (exact) mass is 387 g/mol. The maximum Gasteiger partial charge on any atom is 0.253 e. The van der Waals surface area contributed by atoms with Crippen molar-refractivity contribution in [3.05, 3.63) is 29.8 Å². The van der Waals surface area contributed by atoms with Gasteiger partial charge < -0.3 is 10.2 Å². The summed E-state index contributed by atoms with van der Waals surface area (Å²) in [4.78, 5) is 14.8. The van der Waals surface area contributed by atoms with Crippen LogP contribution in [0, 0.1) is 0 Å². The van der Waals surface area contributed by atoms with Gasteiger partial charge in [-0.1, -0.05) is 0 Å². The summed E-state index contributed by atoms with van der Waals surface area (Å²) in [6.07, 6.45) is 3.29. The highest BCUT2D eigenvalue weighted by Crippen LogP contribution is 2.22. The van der Waals surface area contributed by atoms with E-state index in [0.29, 0.717) is 17.6 Å². The molecule has 6 nitrogen and oxygen atoms in total. The molecule has 25 heavy (non-hydrogen) atoms. The summed E-state index contributed by atoms with van der Waals surface area (Å²) in [5, 5.41) is 3.55. The maximum absolute atomic E-state index is 12.7. The van der Waals surface area contributed by atoms with Gasteiger partial charge in [-0.2, -0.15) is 0 Å². The van der Waals surface area contributed by atoms with Crippen LogP contribution in [-0.4, -0.2) is 50.4 Å². The Bertz CT molecular complexity index is 706. The maximum atomic E-state index is 12.7. The predicted molar refractivity (Wildman–Crippen MR) is 99.6 cm³/mol. The molecule has 0 saturated carbocycles. The first-order valence-electron chi connectivity index (χ1n) is 8.53. The first-order valence-corrected chi connectivity index (χ1v) is 10.0. The van der Waals surface area contributed by atoms with Crippen LogP contribution in [0.15, 0.2) is 29.2 Å². The van der Waals surface area contributed by atoms with Crippen LogP contribution in [0.5, 0.6) is 0 Å². The average molecular weight is 388 g/mol. The molecule has 0 spiro atoms. The topological polar surface area (TPSA) is 78.5 Å². The van der Waals surface area contributed by atoms with Crippen LogP contribution in [0.3, 0.4) is 0 Å². The first kappa shape index (κ1) is 20.2. The Labute approximate surface area is 155 Å². The van der Waals surface area contributed by atoms with Gasteiger partial charge in [-0.3, -0.25) is 4.79 Å². The molecule has 2 fully saturated rings. The Morgan fingerprint density at radius 3 is 2.44 bits per heavy atom. The van der Waals surface area contributed by atoms with Crippen molar-refractivity contribution in [2.75, 3.05) is 13.1 Å². The second-order valence-electron chi connectivity index (χ2n) is 6.98. The van der Waals surface area contributed by atoms with E-state index in [9.17, 15) is 13.2 Å². The van der Waals surface area contributed by atoms with E-state index in [1.807, 2.05) is 4.90 Å². The Morgan fingerprint density at radius 2 is 1.80 bits per heavy atom. The van der Waals surface area contributed by atoms with Crippen LogP contribution < -0.4 is 10.0 Å². The van der Waals surface area contributed by atoms with Crippen molar-refractivity contribution in [1.82, 2.24) is 14.9 Å². The van der Waals surface area contributed by atoms with E-state index < -0.39 is 10.0 Å². The lowest BCUT2D eigenvalue weighted by molar-refractivity contribution is 0.0748. The van der Waals surface area contributed by atoms with E-state index in [1.165, 1.54) is 18.6 Å². The minimum Gasteiger partial charge on any atom is -0.337 e. The predicted octanol–water partition coefficient (Wildman–Crippen LogP) is 1.76. The number of hydrogen-bond donors (Lipinski definition) is 2. The molecule has 0 radical (unpaired) electrons. The van der Waals surface area contributed by atoms with Gasteiger partial charge in [0.05, 0.1) is 4.90 Å². The highest BCUT2D eigenvalue weighted by molar-refractivity contribution is 7.89. The van der Waals surface area contributed by atoms with Gasteiger partial charge in [0.2, 0.25) is 10.0 Å². The van der Waals surface area contributed by atoms with Gasteiger partial charge in [-0.25, -0.2) is 13.1 Å². The molecular weight excluding hydrogens is 362 g/mol. The normalized spacial score (nSPS) is 23.2. The number of hydrogen-bond acceptors (Lipinski definition) is 4. The Kier molecular flexibility index (Phi) is 6.48. The zero-order valence-corrected chi connectivity index (χ0v) is 16.2. The van der Waals surface area contributed by atoms with Crippen LogP contribution in [-0.2, 0) is 10.0 Å². The fourth-order valence-corrected chi connectivity index (χ4v) is 4.72. The number of nitrogens with one attached hydrogen (secondary N) is 2. The van der Waals surface area contributed by atoms with E-state index in [2.05, 4.69) is 10.0 Å². The fourth-order valence-electron chi connectivity index (χ4n) is 3.47. The van der Waals surface area contributed by atoms with Gasteiger partial charge in [-0.05, 0) is 57.4 Å². The van der Waals surface area contributed by atoms with Crippen LogP contribution in [0.2, 0.25) is 0 Å². The summed E-state index contributed by atoms with van der Waals surface area (Å²) >= 11 is 0. The van der Waals surface area contributed by atoms with E-state index in [4.69, 9.17) is 0 Å². The number of carbonyl (C=O) groups is 1. The van der Waals surface area contributed by atoms with Crippen molar-refractivity contribution in [2.24, 2.45) is 0 Å². The molecule has 0 aromatic heterocycles. The number of nitrogens with zero attached hydrogens (tertiary/aromatic N) is 1. The van der Waals surface area contributed by atoms with Gasteiger partial charge in [0.1, 0.15) is 0 Å². The van der Waals surface area contributed by atoms with Crippen LogP contribution in [0.25, 0.3) is 0 Å². The Hall–Kier alpha value is -1.15. The number of sulfonamides is 1. The molecule has 2 saturated heterocycles. The molecule has 2 heterocycles. The van der Waals surface area contributed by atoms with E-state index in [0.717, 1.165) is 25.9 Å². The molecule has 1 aromatic carbocycles. The van der Waals surface area contributed by atoms with Gasteiger partial charge in [-0.15, -0.1) is 12.4 Å².